The lowest BCUT2D eigenvalue weighted by Gasteiger charge is -2.26. The van der Waals surface area contributed by atoms with E-state index in [0.717, 1.165) is 19.5 Å². The normalized spacial score (nSPS) is 20.0. The highest BCUT2D eigenvalue weighted by Gasteiger charge is 2.29. The van der Waals surface area contributed by atoms with Gasteiger partial charge in [-0.1, -0.05) is 25.7 Å². The lowest BCUT2D eigenvalue weighted by atomic mass is 10.1. The Labute approximate surface area is 195 Å². The van der Waals surface area contributed by atoms with Crippen LogP contribution in [0.5, 0.6) is 11.5 Å². The molecule has 0 radical (unpaired) electrons. The number of aryl methyl sites for hydroxylation is 1. The molecule has 1 aromatic carbocycles. The van der Waals surface area contributed by atoms with Gasteiger partial charge in [-0.3, -0.25) is 19.1 Å². The van der Waals surface area contributed by atoms with Gasteiger partial charge < -0.3 is 14.8 Å². The summed E-state index contributed by atoms with van der Waals surface area (Å²) < 4.78 is 12.2. The summed E-state index contributed by atoms with van der Waals surface area (Å²) >= 11 is 0. The minimum Gasteiger partial charge on any atom is -0.493 e. The summed E-state index contributed by atoms with van der Waals surface area (Å²) in [5, 5.41) is 3.68. The fourth-order valence-electron chi connectivity index (χ4n) is 5.21. The second-order valence-electron chi connectivity index (χ2n) is 9.26. The van der Waals surface area contributed by atoms with E-state index in [1.165, 1.54) is 52.0 Å². The van der Waals surface area contributed by atoms with E-state index in [9.17, 15) is 9.59 Å². The van der Waals surface area contributed by atoms with E-state index in [4.69, 9.17) is 9.47 Å². The Kier molecular flexibility index (Phi) is 7.85. The van der Waals surface area contributed by atoms with Crippen molar-refractivity contribution >= 4 is 16.8 Å². The quantitative estimate of drug-likeness (QED) is 0.615. The Morgan fingerprint density at radius 1 is 1.09 bits per heavy atom. The maximum atomic E-state index is 12.9. The second-order valence-corrected chi connectivity index (χ2v) is 9.26. The van der Waals surface area contributed by atoms with Gasteiger partial charge in [-0.25, -0.2) is 4.98 Å². The molecule has 0 bridgehead atoms. The summed E-state index contributed by atoms with van der Waals surface area (Å²) in [5.74, 6) is 1.10. The van der Waals surface area contributed by atoms with E-state index in [2.05, 4.69) is 15.2 Å². The van der Waals surface area contributed by atoms with Crippen molar-refractivity contribution in [2.75, 3.05) is 27.3 Å². The molecule has 1 saturated carbocycles. The molecule has 1 aliphatic carbocycles. The number of benzene rings is 1. The molecule has 1 aromatic heterocycles. The molecular formula is C25H36N4O4. The molecule has 1 unspecified atom stereocenters. The number of amides is 1. The first kappa shape index (κ1) is 23.5. The fraction of sp³-hybridized carbons (Fsp3) is 0.640. The molecule has 1 atom stereocenters. The van der Waals surface area contributed by atoms with Gasteiger partial charge in [0.05, 0.1) is 31.4 Å². The van der Waals surface area contributed by atoms with Gasteiger partial charge >= 0.3 is 0 Å². The van der Waals surface area contributed by atoms with Crippen molar-refractivity contribution in [2.45, 2.75) is 76.4 Å². The van der Waals surface area contributed by atoms with Crippen LogP contribution < -0.4 is 20.3 Å². The van der Waals surface area contributed by atoms with Crippen LogP contribution in [0, 0.1) is 0 Å². The summed E-state index contributed by atoms with van der Waals surface area (Å²) in [4.78, 5) is 32.4. The average molecular weight is 457 g/mol. The van der Waals surface area contributed by atoms with E-state index in [0.29, 0.717) is 47.8 Å². The number of ether oxygens (including phenoxy) is 2. The van der Waals surface area contributed by atoms with Crippen molar-refractivity contribution in [3.05, 3.63) is 28.8 Å². The number of carbonyl (C=O) groups excluding carboxylic acids is 1. The SMILES string of the molecule is COc1cc2ncn(CCCC(=O)NC3CCN(C4CCCCCC4)C3)c(=O)c2cc1OC. The van der Waals surface area contributed by atoms with Crippen LogP contribution in [0.3, 0.4) is 0 Å². The number of methoxy groups -OCH3 is 2. The highest BCUT2D eigenvalue weighted by Crippen LogP contribution is 2.30. The molecule has 1 aliphatic heterocycles. The molecule has 2 heterocycles. The zero-order chi connectivity index (χ0) is 23.2. The zero-order valence-electron chi connectivity index (χ0n) is 19.8. The van der Waals surface area contributed by atoms with Crippen LogP contribution in [-0.4, -0.2) is 59.8 Å². The molecule has 1 N–H and O–H groups in total. The van der Waals surface area contributed by atoms with Gasteiger partial charge in [0.2, 0.25) is 5.91 Å². The number of nitrogens with zero attached hydrogens (tertiary/aromatic N) is 3. The highest BCUT2D eigenvalue weighted by atomic mass is 16.5. The summed E-state index contributed by atoms with van der Waals surface area (Å²) in [7, 11) is 3.09. The molecular weight excluding hydrogens is 420 g/mol. The molecule has 33 heavy (non-hydrogen) atoms. The maximum Gasteiger partial charge on any atom is 0.261 e. The van der Waals surface area contributed by atoms with Crippen molar-refractivity contribution in [2.24, 2.45) is 0 Å². The number of hydrogen-bond acceptors (Lipinski definition) is 6. The molecule has 1 saturated heterocycles. The lowest BCUT2D eigenvalue weighted by molar-refractivity contribution is -0.121. The van der Waals surface area contributed by atoms with E-state index >= 15 is 0 Å². The van der Waals surface area contributed by atoms with Crippen molar-refractivity contribution in [1.82, 2.24) is 19.8 Å². The second kappa shape index (κ2) is 11.0. The summed E-state index contributed by atoms with van der Waals surface area (Å²) in [6.45, 7) is 2.50. The van der Waals surface area contributed by atoms with Gasteiger partial charge in [-0.05, 0) is 31.7 Å². The predicted octanol–water partition coefficient (Wildman–Crippen LogP) is 3.11. The van der Waals surface area contributed by atoms with Crippen molar-refractivity contribution < 1.29 is 14.3 Å². The first-order valence-electron chi connectivity index (χ1n) is 12.2. The Bertz CT molecular complexity index is 1010. The molecule has 2 aromatic rings. The van der Waals surface area contributed by atoms with Crippen LogP contribution >= 0.6 is 0 Å². The van der Waals surface area contributed by atoms with Gasteiger partial charge in [-0.15, -0.1) is 0 Å². The third-order valence-corrected chi connectivity index (χ3v) is 7.06. The zero-order valence-corrected chi connectivity index (χ0v) is 19.8. The van der Waals surface area contributed by atoms with E-state index in [1.807, 2.05) is 0 Å². The number of hydrogen-bond donors (Lipinski definition) is 1. The highest BCUT2D eigenvalue weighted by molar-refractivity contribution is 5.81. The number of rotatable bonds is 8. The molecule has 180 valence electrons. The van der Waals surface area contributed by atoms with Crippen LogP contribution in [0.4, 0.5) is 0 Å². The molecule has 2 fully saturated rings. The van der Waals surface area contributed by atoms with Gasteiger partial charge in [0.15, 0.2) is 11.5 Å². The molecule has 8 heteroatoms. The predicted molar refractivity (Wildman–Crippen MR) is 128 cm³/mol. The largest absolute Gasteiger partial charge is 0.493 e. The Morgan fingerprint density at radius 3 is 2.55 bits per heavy atom. The Hall–Kier alpha value is -2.61. The van der Waals surface area contributed by atoms with Crippen molar-refractivity contribution in [3.8, 4) is 11.5 Å². The maximum absolute atomic E-state index is 12.9. The third-order valence-electron chi connectivity index (χ3n) is 7.06. The van der Waals surface area contributed by atoms with Crippen molar-refractivity contribution in [1.29, 1.82) is 0 Å². The lowest BCUT2D eigenvalue weighted by Crippen LogP contribution is -2.39. The summed E-state index contributed by atoms with van der Waals surface area (Å²) in [5.41, 5.74) is 0.419. The van der Waals surface area contributed by atoms with Gasteiger partial charge in [0, 0.05) is 44.2 Å². The molecule has 8 nitrogen and oxygen atoms in total. The first-order chi connectivity index (χ1) is 16.1. The smallest absolute Gasteiger partial charge is 0.261 e. The fourth-order valence-corrected chi connectivity index (χ4v) is 5.21. The van der Waals surface area contributed by atoms with Crippen molar-refractivity contribution in [3.63, 3.8) is 0 Å². The number of nitrogens with one attached hydrogen (secondary N) is 1. The Morgan fingerprint density at radius 2 is 1.82 bits per heavy atom. The van der Waals surface area contributed by atoms with E-state index < -0.39 is 0 Å². The van der Waals surface area contributed by atoms with Crippen LogP contribution in [0.2, 0.25) is 0 Å². The average Bonchev–Trinajstić information content (AvgIpc) is 3.11. The third kappa shape index (κ3) is 5.66. The Balaban J connectivity index is 1.28. The summed E-state index contributed by atoms with van der Waals surface area (Å²) in [6, 6.07) is 4.30. The van der Waals surface area contributed by atoms with Gasteiger partial charge in [0.25, 0.3) is 5.56 Å². The molecule has 4 rings (SSSR count). The van der Waals surface area contributed by atoms with Crippen LogP contribution in [0.25, 0.3) is 10.9 Å². The minimum absolute atomic E-state index is 0.0657. The first-order valence-corrected chi connectivity index (χ1v) is 12.2. The number of fused-ring (bicyclic) bond motifs is 1. The topological polar surface area (TPSA) is 85.7 Å². The van der Waals surface area contributed by atoms with Gasteiger partial charge in [-0.2, -0.15) is 0 Å². The van der Waals surface area contributed by atoms with Crippen LogP contribution in [0.15, 0.2) is 23.3 Å². The van der Waals surface area contributed by atoms with E-state index in [1.54, 1.807) is 23.8 Å². The van der Waals surface area contributed by atoms with Crippen LogP contribution in [-0.2, 0) is 11.3 Å². The number of aromatic nitrogens is 2. The number of likely N-dealkylation sites (tertiary alicyclic amines) is 1. The molecule has 0 spiro atoms. The van der Waals surface area contributed by atoms with Gasteiger partial charge in [0.1, 0.15) is 0 Å². The molecule has 2 aliphatic rings. The summed E-state index contributed by atoms with van der Waals surface area (Å²) in [6.07, 6.45) is 11.5. The molecule has 1 amide bonds. The van der Waals surface area contributed by atoms with E-state index in [-0.39, 0.29) is 17.5 Å². The monoisotopic (exact) mass is 456 g/mol. The van der Waals surface area contributed by atoms with Crippen LogP contribution in [0.1, 0.15) is 57.8 Å². The minimum atomic E-state index is -0.142. The number of carbonyl (C=O) groups is 1. The standard InChI is InChI=1S/C25H36N4O4/c1-32-22-14-20-21(15-23(22)33-2)26-17-29(25(20)31)12-7-10-24(30)27-18-11-13-28(16-18)19-8-5-3-4-6-9-19/h14-15,17-19H,3-13,16H2,1-2H3,(H,27,30).